The Bertz CT molecular complexity index is 420. The summed E-state index contributed by atoms with van der Waals surface area (Å²) in [6, 6.07) is 1.65. The van der Waals surface area contributed by atoms with E-state index in [2.05, 4.69) is 10.3 Å². The van der Waals surface area contributed by atoms with Crippen molar-refractivity contribution in [2.45, 2.75) is 20.3 Å². The van der Waals surface area contributed by atoms with E-state index >= 15 is 0 Å². The third-order valence-corrected chi connectivity index (χ3v) is 2.90. The first-order valence-electron chi connectivity index (χ1n) is 6.43. The average molecular weight is 286 g/mol. The number of nitrogens with one attached hydrogen (secondary N) is 1. The Morgan fingerprint density at radius 3 is 2.79 bits per heavy atom. The third-order valence-electron chi connectivity index (χ3n) is 2.59. The van der Waals surface area contributed by atoms with Gasteiger partial charge >= 0.3 is 0 Å². The monoisotopic (exact) mass is 285 g/mol. The lowest BCUT2D eigenvalue weighted by molar-refractivity contribution is 0.0722. The Hall–Kier alpha value is -1.33. The molecule has 0 bridgehead atoms. The minimum atomic E-state index is -0.178. The summed E-state index contributed by atoms with van der Waals surface area (Å²) in [6.07, 6.45) is 2.30. The standard InChI is InChI=1S/C13H20ClN3O2/c1-3-5-17(6-7-18)13(19)10-8-12(15-4-2)16-9-11(10)14/h8-9,18H,3-7H2,1-2H3,(H,15,16). The SMILES string of the molecule is CCCN(CCO)C(=O)c1cc(NCC)ncc1Cl. The lowest BCUT2D eigenvalue weighted by Gasteiger charge is -2.21. The fourth-order valence-electron chi connectivity index (χ4n) is 1.76. The predicted octanol–water partition coefficient (Wildman–Crippen LogP) is 2.01. The molecule has 0 radical (unpaired) electrons. The molecule has 0 unspecified atom stereocenters. The largest absolute Gasteiger partial charge is 0.395 e. The Kier molecular flexibility index (Phi) is 6.59. The molecule has 1 aromatic rings. The summed E-state index contributed by atoms with van der Waals surface area (Å²) >= 11 is 6.04. The van der Waals surface area contributed by atoms with Crippen molar-refractivity contribution in [1.29, 1.82) is 0 Å². The highest BCUT2D eigenvalue weighted by Crippen LogP contribution is 2.20. The number of aliphatic hydroxyl groups excluding tert-OH is 1. The van der Waals surface area contributed by atoms with Gasteiger partial charge in [-0.25, -0.2) is 4.98 Å². The van der Waals surface area contributed by atoms with Gasteiger partial charge in [0.25, 0.3) is 5.91 Å². The molecule has 0 aliphatic carbocycles. The number of aliphatic hydroxyl groups is 1. The van der Waals surface area contributed by atoms with E-state index in [-0.39, 0.29) is 12.5 Å². The van der Waals surface area contributed by atoms with Crippen molar-refractivity contribution in [3.05, 3.63) is 22.8 Å². The minimum absolute atomic E-state index is 0.0610. The van der Waals surface area contributed by atoms with Crippen molar-refractivity contribution in [3.63, 3.8) is 0 Å². The van der Waals surface area contributed by atoms with Crippen LogP contribution >= 0.6 is 11.6 Å². The molecule has 1 amide bonds. The zero-order chi connectivity index (χ0) is 14.3. The normalized spacial score (nSPS) is 10.3. The van der Waals surface area contributed by atoms with E-state index in [1.165, 1.54) is 6.20 Å². The van der Waals surface area contributed by atoms with E-state index in [1.807, 2.05) is 13.8 Å². The molecule has 1 heterocycles. The van der Waals surface area contributed by atoms with Crippen LogP contribution in [-0.4, -0.2) is 47.1 Å². The van der Waals surface area contributed by atoms with E-state index in [0.29, 0.717) is 29.5 Å². The van der Waals surface area contributed by atoms with Gasteiger partial charge in [0, 0.05) is 25.8 Å². The second-order valence-electron chi connectivity index (χ2n) is 4.10. The van der Waals surface area contributed by atoms with Gasteiger partial charge in [-0.2, -0.15) is 0 Å². The van der Waals surface area contributed by atoms with E-state index in [0.717, 1.165) is 13.0 Å². The summed E-state index contributed by atoms with van der Waals surface area (Å²) in [5.74, 6) is 0.443. The molecule has 0 aromatic carbocycles. The molecule has 6 heteroatoms. The predicted molar refractivity (Wildman–Crippen MR) is 76.7 cm³/mol. The maximum atomic E-state index is 12.4. The molecule has 5 nitrogen and oxygen atoms in total. The molecule has 2 N–H and O–H groups in total. The fraction of sp³-hybridized carbons (Fsp3) is 0.538. The molecule has 0 aliphatic rings. The highest BCUT2D eigenvalue weighted by atomic mass is 35.5. The molecular weight excluding hydrogens is 266 g/mol. The number of aromatic nitrogens is 1. The topological polar surface area (TPSA) is 65.5 Å². The third kappa shape index (κ3) is 4.36. The van der Waals surface area contributed by atoms with E-state index < -0.39 is 0 Å². The molecule has 0 saturated heterocycles. The minimum Gasteiger partial charge on any atom is -0.395 e. The second kappa shape index (κ2) is 7.96. The van der Waals surface area contributed by atoms with Crippen LogP contribution in [0.15, 0.2) is 12.3 Å². The quantitative estimate of drug-likeness (QED) is 0.804. The Labute approximate surface area is 118 Å². The molecule has 19 heavy (non-hydrogen) atoms. The average Bonchev–Trinajstić information content (AvgIpc) is 2.40. The highest BCUT2D eigenvalue weighted by Gasteiger charge is 2.18. The highest BCUT2D eigenvalue weighted by molar-refractivity contribution is 6.33. The van der Waals surface area contributed by atoms with Gasteiger partial charge in [0.1, 0.15) is 5.82 Å². The Balaban J connectivity index is 2.98. The van der Waals surface area contributed by atoms with Crippen molar-refractivity contribution in [2.75, 3.05) is 31.6 Å². The van der Waals surface area contributed by atoms with Crippen LogP contribution in [0.4, 0.5) is 5.82 Å². The van der Waals surface area contributed by atoms with Gasteiger partial charge in [-0.1, -0.05) is 18.5 Å². The van der Waals surface area contributed by atoms with E-state index in [4.69, 9.17) is 16.7 Å². The summed E-state index contributed by atoms with van der Waals surface area (Å²) < 4.78 is 0. The first-order chi connectivity index (χ1) is 9.13. The molecular formula is C13H20ClN3O2. The number of anilines is 1. The van der Waals surface area contributed by atoms with Gasteiger partial charge in [0.05, 0.1) is 17.2 Å². The van der Waals surface area contributed by atoms with Crippen molar-refractivity contribution in [2.24, 2.45) is 0 Å². The van der Waals surface area contributed by atoms with Crippen LogP contribution in [0.2, 0.25) is 5.02 Å². The molecule has 1 rings (SSSR count). The van der Waals surface area contributed by atoms with Crippen LogP contribution in [-0.2, 0) is 0 Å². The van der Waals surface area contributed by atoms with Gasteiger partial charge < -0.3 is 15.3 Å². The number of carbonyl (C=O) groups excluding carboxylic acids is 1. The molecule has 0 atom stereocenters. The summed E-state index contributed by atoms with van der Waals surface area (Å²) in [4.78, 5) is 18.1. The summed E-state index contributed by atoms with van der Waals surface area (Å²) in [7, 11) is 0. The summed E-state index contributed by atoms with van der Waals surface area (Å²) in [6.45, 7) is 5.49. The van der Waals surface area contributed by atoms with Crippen LogP contribution < -0.4 is 5.32 Å². The first kappa shape index (κ1) is 15.7. The number of rotatable bonds is 7. The summed E-state index contributed by atoms with van der Waals surface area (Å²) in [5, 5.41) is 12.4. The molecule has 0 fully saturated rings. The Morgan fingerprint density at radius 1 is 1.47 bits per heavy atom. The van der Waals surface area contributed by atoms with Gasteiger partial charge in [0.15, 0.2) is 0 Å². The van der Waals surface area contributed by atoms with Crippen LogP contribution in [0.25, 0.3) is 0 Å². The maximum absolute atomic E-state index is 12.4. The van der Waals surface area contributed by atoms with Crippen molar-refractivity contribution < 1.29 is 9.90 Å². The number of pyridine rings is 1. The number of hydrogen-bond donors (Lipinski definition) is 2. The zero-order valence-electron chi connectivity index (χ0n) is 11.3. The van der Waals surface area contributed by atoms with E-state index in [9.17, 15) is 4.79 Å². The van der Waals surface area contributed by atoms with Crippen LogP contribution in [0.5, 0.6) is 0 Å². The number of carbonyl (C=O) groups is 1. The molecule has 106 valence electrons. The molecule has 1 aromatic heterocycles. The van der Waals surface area contributed by atoms with Crippen LogP contribution in [0.1, 0.15) is 30.6 Å². The van der Waals surface area contributed by atoms with Gasteiger partial charge in [-0.3, -0.25) is 4.79 Å². The van der Waals surface area contributed by atoms with Gasteiger partial charge in [-0.15, -0.1) is 0 Å². The lowest BCUT2D eigenvalue weighted by atomic mass is 10.2. The van der Waals surface area contributed by atoms with Crippen molar-refractivity contribution in [1.82, 2.24) is 9.88 Å². The molecule has 0 spiro atoms. The van der Waals surface area contributed by atoms with Crippen molar-refractivity contribution >= 4 is 23.3 Å². The molecule has 0 saturated carbocycles. The number of nitrogens with zero attached hydrogens (tertiary/aromatic N) is 2. The second-order valence-corrected chi connectivity index (χ2v) is 4.50. The van der Waals surface area contributed by atoms with Gasteiger partial charge in [0.2, 0.25) is 0 Å². The fourth-order valence-corrected chi connectivity index (χ4v) is 1.94. The van der Waals surface area contributed by atoms with Gasteiger partial charge in [-0.05, 0) is 19.4 Å². The maximum Gasteiger partial charge on any atom is 0.255 e. The van der Waals surface area contributed by atoms with Crippen molar-refractivity contribution in [3.8, 4) is 0 Å². The smallest absolute Gasteiger partial charge is 0.255 e. The molecule has 0 aliphatic heterocycles. The lowest BCUT2D eigenvalue weighted by Crippen LogP contribution is -2.34. The van der Waals surface area contributed by atoms with Crippen LogP contribution in [0, 0.1) is 0 Å². The number of halogens is 1. The summed E-state index contributed by atoms with van der Waals surface area (Å²) in [5.41, 5.74) is 0.412. The van der Waals surface area contributed by atoms with E-state index in [1.54, 1.807) is 11.0 Å². The van der Waals surface area contributed by atoms with Crippen LogP contribution in [0.3, 0.4) is 0 Å². The first-order valence-corrected chi connectivity index (χ1v) is 6.81. The Morgan fingerprint density at radius 2 is 2.21 bits per heavy atom. The zero-order valence-corrected chi connectivity index (χ0v) is 12.1. The number of hydrogen-bond acceptors (Lipinski definition) is 4. The number of amides is 1.